The van der Waals surface area contributed by atoms with Gasteiger partial charge in [0.05, 0.1) is 0 Å². The van der Waals surface area contributed by atoms with Gasteiger partial charge in [-0.15, -0.1) is 0 Å². The lowest BCUT2D eigenvalue weighted by Crippen LogP contribution is -2.30. The summed E-state index contributed by atoms with van der Waals surface area (Å²) >= 11 is 0. The highest BCUT2D eigenvalue weighted by Gasteiger charge is 2.14. The van der Waals surface area contributed by atoms with E-state index in [0.717, 1.165) is 36.8 Å². The standard InChI is InChI=1S/C23H34N2O/c1-2-3-18-25-19-21(20-12-7-8-13-22(20)25)23(26)14-6-4-9-15-24-16-10-5-11-17-24/h7-8,12-13,19H,2-6,9-11,14-18H2,1H3. The van der Waals surface area contributed by atoms with Gasteiger partial charge in [-0.2, -0.15) is 0 Å². The fourth-order valence-electron chi connectivity index (χ4n) is 4.10. The minimum absolute atomic E-state index is 0.314. The number of carbonyl (C=O) groups is 1. The average molecular weight is 355 g/mol. The highest BCUT2D eigenvalue weighted by Crippen LogP contribution is 2.24. The van der Waals surface area contributed by atoms with Crippen molar-refractivity contribution >= 4 is 16.7 Å². The van der Waals surface area contributed by atoms with Gasteiger partial charge < -0.3 is 9.47 Å². The number of unbranched alkanes of at least 4 members (excludes halogenated alkanes) is 3. The van der Waals surface area contributed by atoms with Crippen molar-refractivity contribution in [2.75, 3.05) is 19.6 Å². The molecule has 26 heavy (non-hydrogen) atoms. The van der Waals surface area contributed by atoms with Crippen molar-refractivity contribution in [1.29, 1.82) is 0 Å². The van der Waals surface area contributed by atoms with Crippen LogP contribution in [0.25, 0.3) is 10.9 Å². The van der Waals surface area contributed by atoms with Crippen molar-refractivity contribution in [3.63, 3.8) is 0 Å². The zero-order chi connectivity index (χ0) is 18.2. The fraction of sp³-hybridized carbons (Fsp3) is 0.609. The van der Waals surface area contributed by atoms with Gasteiger partial charge >= 0.3 is 0 Å². The molecule has 0 unspecified atom stereocenters. The molecule has 3 rings (SSSR count). The van der Waals surface area contributed by atoms with Gasteiger partial charge in [-0.05, 0) is 57.8 Å². The second-order valence-electron chi connectivity index (χ2n) is 7.74. The largest absolute Gasteiger partial charge is 0.347 e. The number of aromatic nitrogens is 1. The number of carbonyl (C=O) groups excluding carboxylic acids is 1. The molecular weight excluding hydrogens is 320 g/mol. The van der Waals surface area contributed by atoms with E-state index in [4.69, 9.17) is 0 Å². The summed E-state index contributed by atoms with van der Waals surface area (Å²) in [6.07, 6.45) is 12.6. The van der Waals surface area contributed by atoms with E-state index in [9.17, 15) is 4.79 Å². The highest BCUT2D eigenvalue weighted by molar-refractivity contribution is 6.08. The summed E-state index contributed by atoms with van der Waals surface area (Å²) in [5, 5.41) is 1.13. The molecule has 0 amide bonds. The number of fused-ring (bicyclic) bond motifs is 1. The van der Waals surface area contributed by atoms with E-state index in [1.54, 1.807) is 0 Å². The average Bonchev–Trinajstić information content (AvgIpc) is 3.06. The van der Waals surface area contributed by atoms with E-state index in [1.165, 1.54) is 57.3 Å². The summed E-state index contributed by atoms with van der Waals surface area (Å²) in [5.41, 5.74) is 2.13. The lowest BCUT2D eigenvalue weighted by Gasteiger charge is -2.26. The summed E-state index contributed by atoms with van der Waals surface area (Å²) in [7, 11) is 0. The fourth-order valence-corrected chi connectivity index (χ4v) is 4.10. The first-order valence-electron chi connectivity index (χ1n) is 10.6. The smallest absolute Gasteiger partial charge is 0.165 e. The van der Waals surface area contributed by atoms with Gasteiger partial charge in [0.1, 0.15) is 0 Å². The van der Waals surface area contributed by atoms with E-state index < -0.39 is 0 Å². The second-order valence-corrected chi connectivity index (χ2v) is 7.74. The molecule has 0 aliphatic carbocycles. The van der Waals surface area contributed by atoms with Gasteiger partial charge in [-0.25, -0.2) is 0 Å². The third-order valence-corrected chi connectivity index (χ3v) is 5.67. The molecule has 0 bridgehead atoms. The third-order valence-electron chi connectivity index (χ3n) is 5.67. The number of piperidine rings is 1. The molecule has 0 atom stereocenters. The first kappa shape index (κ1) is 19.2. The number of likely N-dealkylation sites (tertiary alicyclic amines) is 1. The Morgan fingerprint density at radius 2 is 1.77 bits per heavy atom. The van der Waals surface area contributed by atoms with Crippen LogP contribution in [-0.2, 0) is 6.54 Å². The zero-order valence-electron chi connectivity index (χ0n) is 16.4. The molecule has 2 heterocycles. The summed E-state index contributed by atoms with van der Waals surface area (Å²) in [5.74, 6) is 0.314. The molecule has 1 aliphatic heterocycles. The second kappa shape index (κ2) is 9.91. The van der Waals surface area contributed by atoms with Crippen molar-refractivity contribution in [2.24, 2.45) is 0 Å². The molecule has 0 N–H and O–H groups in total. The quantitative estimate of drug-likeness (QED) is 0.406. The predicted octanol–water partition coefficient (Wildman–Crippen LogP) is 5.67. The normalized spacial score (nSPS) is 15.6. The van der Waals surface area contributed by atoms with Gasteiger partial charge in [0.15, 0.2) is 5.78 Å². The van der Waals surface area contributed by atoms with Crippen molar-refractivity contribution < 1.29 is 4.79 Å². The van der Waals surface area contributed by atoms with Gasteiger partial charge in [-0.1, -0.05) is 44.4 Å². The van der Waals surface area contributed by atoms with E-state index in [1.807, 2.05) is 6.07 Å². The summed E-state index contributed by atoms with van der Waals surface area (Å²) in [4.78, 5) is 15.4. The van der Waals surface area contributed by atoms with Crippen molar-refractivity contribution in [1.82, 2.24) is 9.47 Å². The zero-order valence-corrected chi connectivity index (χ0v) is 16.4. The van der Waals surface area contributed by atoms with Gasteiger partial charge in [0.2, 0.25) is 0 Å². The lowest BCUT2D eigenvalue weighted by atomic mass is 10.0. The number of benzene rings is 1. The Balaban J connectivity index is 1.51. The maximum atomic E-state index is 12.8. The number of rotatable bonds is 10. The minimum atomic E-state index is 0.314. The molecule has 0 saturated carbocycles. The first-order chi connectivity index (χ1) is 12.8. The van der Waals surface area contributed by atoms with Gasteiger partial charge in [0, 0.05) is 35.6 Å². The molecular formula is C23H34N2O. The summed E-state index contributed by atoms with van der Waals surface area (Å²) < 4.78 is 2.27. The maximum Gasteiger partial charge on any atom is 0.165 e. The van der Waals surface area contributed by atoms with Crippen LogP contribution < -0.4 is 0 Å². The van der Waals surface area contributed by atoms with Gasteiger partial charge in [0.25, 0.3) is 0 Å². The SMILES string of the molecule is CCCCn1cc(C(=O)CCCCCN2CCCCC2)c2ccccc21. The Bertz CT molecular complexity index is 697. The number of ketones is 1. The van der Waals surface area contributed by atoms with Crippen LogP contribution in [0.5, 0.6) is 0 Å². The Hall–Kier alpha value is -1.61. The summed E-state index contributed by atoms with van der Waals surface area (Å²) in [6, 6.07) is 8.35. The Labute approximate surface area is 158 Å². The first-order valence-corrected chi connectivity index (χ1v) is 10.6. The Morgan fingerprint density at radius 3 is 2.58 bits per heavy atom. The molecule has 3 heteroatoms. The number of para-hydroxylation sites is 1. The predicted molar refractivity (Wildman–Crippen MR) is 110 cm³/mol. The molecule has 0 radical (unpaired) electrons. The molecule has 2 aromatic rings. The van der Waals surface area contributed by atoms with Crippen molar-refractivity contribution in [2.45, 2.75) is 71.3 Å². The van der Waals surface area contributed by atoms with Crippen LogP contribution in [0.3, 0.4) is 0 Å². The van der Waals surface area contributed by atoms with Crippen LogP contribution >= 0.6 is 0 Å². The number of hydrogen-bond donors (Lipinski definition) is 0. The van der Waals surface area contributed by atoms with E-state index in [0.29, 0.717) is 12.2 Å². The number of aryl methyl sites for hydroxylation is 1. The van der Waals surface area contributed by atoms with Crippen LogP contribution in [0, 0.1) is 0 Å². The van der Waals surface area contributed by atoms with Crippen LogP contribution in [-0.4, -0.2) is 34.9 Å². The van der Waals surface area contributed by atoms with Crippen LogP contribution in [0.2, 0.25) is 0 Å². The molecule has 3 nitrogen and oxygen atoms in total. The van der Waals surface area contributed by atoms with Crippen LogP contribution in [0.15, 0.2) is 30.5 Å². The third kappa shape index (κ3) is 4.97. The Morgan fingerprint density at radius 1 is 0.962 bits per heavy atom. The number of nitrogens with zero attached hydrogens (tertiary/aromatic N) is 2. The van der Waals surface area contributed by atoms with Gasteiger partial charge in [-0.3, -0.25) is 4.79 Å². The van der Waals surface area contributed by atoms with Crippen molar-refractivity contribution in [3.8, 4) is 0 Å². The number of hydrogen-bond acceptors (Lipinski definition) is 2. The summed E-state index contributed by atoms with van der Waals surface area (Å²) in [6.45, 7) is 6.97. The Kier molecular flexibility index (Phi) is 7.31. The monoisotopic (exact) mass is 354 g/mol. The molecule has 1 aliphatic rings. The van der Waals surface area contributed by atoms with Crippen LogP contribution in [0.4, 0.5) is 0 Å². The molecule has 1 aromatic carbocycles. The molecule has 1 fully saturated rings. The van der Waals surface area contributed by atoms with E-state index in [-0.39, 0.29) is 0 Å². The molecule has 142 valence electrons. The van der Waals surface area contributed by atoms with E-state index in [2.05, 4.69) is 40.8 Å². The number of Topliss-reactive ketones (excluding diaryl/α,β-unsaturated/α-hetero) is 1. The van der Waals surface area contributed by atoms with Crippen molar-refractivity contribution in [3.05, 3.63) is 36.0 Å². The molecule has 1 aromatic heterocycles. The highest BCUT2D eigenvalue weighted by atomic mass is 16.1. The topological polar surface area (TPSA) is 25.2 Å². The van der Waals surface area contributed by atoms with Crippen LogP contribution in [0.1, 0.15) is 75.1 Å². The maximum absolute atomic E-state index is 12.8. The minimum Gasteiger partial charge on any atom is -0.347 e. The molecule has 1 saturated heterocycles. The van der Waals surface area contributed by atoms with E-state index >= 15 is 0 Å². The lowest BCUT2D eigenvalue weighted by molar-refractivity contribution is 0.0980. The molecule has 0 spiro atoms.